The molecule has 0 aromatic heterocycles. The lowest BCUT2D eigenvalue weighted by atomic mass is 10.0. The van der Waals surface area contributed by atoms with E-state index in [9.17, 15) is 13.2 Å². The maximum atomic E-state index is 14.6. The summed E-state index contributed by atoms with van der Waals surface area (Å²) in [7, 11) is 0. The SMILES string of the molecule is C=C/C=C(\C=C)c1cccc(C)c1Oc1c(F)c(F)c(C#N)c(C#N)c1F. The van der Waals surface area contributed by atoms with E-state index in [1.807, 2.05) is 0 Å². The van der Waals surface area contributed by atoms with E-state index >= 15 is 0 Å². The fourth-order valence-electron chi connectivity index (χ4n) is 2.45. The standard InChI is InChI=1S/C21H13F3N2O/c1-4-7-13(5-2)14-9-6-8-12(3)20(14)27-21-18(23)16(11-26)15(10-25)17(22)19(21)24/h4-9H,1-2H2,3H3/b13-7+. The number of ether oxygens (including phenoxy) is 1. The number of hydrogen-bond acceptors (Lipinski definition) is 3. The average Bonchev–Trinajstić information content (AvgIpc) is 2.66. The number of allylic oxidation sites excluding steroid dienone is 4. The third-order valence-corrected chi connectivity index (χ3v) is 3.75. The van der Waals surface area contributed by atoms with E-state index in [-0.39, 0.29) is 5.75 Å². The normalized spacial score (nSPS) is 10.7. The molecule has 0 N–H and O–H groups in total. The summed E-state index contributed by atoms with van der Waals surface area (Å²) in [6.07, 6.45) is 4.61. The van der Waals surface area contributed by atoms with Gasteiger partial charge in [-0.25, -0.2) is 8.78 Å². The molecule has 0 amide bonds. The van der Waals surface area contributed by atoms with Crippen LogP contribution in [0.15, 0.2) is 49.6 Å². The van der Waals surface area contributed by atoms with Crippen molar-refractivity contribution in [2.75, 3.05) is 0 Å². The van der Waals surface area contributed by atoms with E-state index in [2.05, 4.69) is 13.2 Å². The lowest BCUT2D eigenvalue weighted by Gasteiger charge is -2.16. The zero-order valence-corrected chi connectivity index (χ0v) is 14.3. The van der Waals surface area contributed by atoms with Crippen LogP contribution in [0, 0.1) is 47.0 Å². The van der Waals surface area contributed by atoms with Crippen LogP contribution < -0.4 is 4.74 Å². The summed E-state index contributed by atoms with van der Waals surface area (Å²) < 4.78 is 48.4. The van der Waals surface area contributed by atoms with E-state index < -0.39 is 34.3 Å². The van der Waals surface area contributed by atoms with Crippen molar-refractivity contribution in [2.45, 2.75) is 6.92 Å². The molecule has 0 saturated carbocycles. The second-order valence-corrected chi connectivity index (χ2v) is 5.36. The predicted octanol–water partition coefficient (Wildman–Crippen LogP) is 5.70. The molecule has 0 fully saturated rings. The third kappa shape index (κ3) is 3.47. The van der Waals surface area contributed by atoms with Crippen molar-refractivity contribution in [1.82, 2.24) is 0 Å². The zero-order valence-electron chi connectivity index (χ0n) is 14.3. The first-order chi connectivity index (χ1) is 12.9. The number of benzene rings is 2. The molecule has 0 aliphatic carbocycles. The molecule has 0 saturated heterocycles. The van der Waals surface area contributed by atoms with Crippen molar-refractivity contribution in [3.63, 3.8) is 0 Å². The molecular formula is C21H13F3N2O. The van der Waals surface area contributed by atoms with Gasteiger partial charge < -0.3 is 4.74 Å². The van der Waals surface area contributed by atoms with Crippen LogP contribution >= 0.6 is 0 Å². The number of aryl methyl sites for hydroxylation is 1. The Labute approximate surface area is 154 Å². The van der Waals surface area contributed by atoms with Crippen molar-refractivity contribution in [1.29, 1.82) is 10.5 Å². The quantitative estimate of drug-likeness (QED) is 0.503. The van der Waals surface area contributed by atoms with E-state index in [1.165, 1.54) is 24.3 Å². The molecule has 2 aromatic carbocycles. The highest BCUT2D eigenvalue weighted by Gasteiger charge is 2.28. The minimum Gasteiger partial charge on any atom is -0.450 e. The van der Waals surface area contributed by atoms with Crippen molar-refractivity contribution < 1.29 is 17.9 Å². The highest BCUT2D eigenvalue weighted by molar-refractivity contribution is 5.79. The number of rotatable bonds is 5. The van der Waals surface area contributed by atoms with Gasteiger partial charge in [-0.15, -0.1) is 0 Å². The number of hydrogen-bond donors (Lipinski definition) is 0. The van der Waals surface area contributed by atoms with Gasteiger partial charge in [-0.2, -0.15) is 14.9 Å². The monoisotopic (exact) mass is 366 g/mol. The molecule has 0 spiro atoms. The number of halogens is 3. The largest absolute Gasteiger partial charge is 0.450 e. The van der Waals surface area contributed by atoms with E-state index in [0.29, 0.717) is 16.7 Å². The van der Waals surface area contributed by atoms with Gasteiger partial charge in [0, 0.05) is 5.56 Å². The highest BCUT2D eigenvalue weighted by atomic mass is 19.2. The van der Waals surface area contributed by atoms with Gasteiger partial charge in [-0.1, -0.05) is 49.6 Å². The molecule has 0 heterocycles. The Morgan fingerprint density at radius 2 is 1.63 bits per heavy atom. The molecule has 0 radical (unpaired) electrons. The summed E-state index contributed by atoms with van der Waals surface area (Å²) in [6, 6.07) is 7.61. The lowest BCUT2D eigenvalue weighted by molar-refractivity contribution is 0.383. The Hall–Kier alpha value is -3.77. The summed E-state index contributed by atoms with van der Waals surface area (Å²) in [5.41, 5.74) is -0.437. The third-order valence-electron chi connectivity index (χ3n) is 3.75. The summed E-state index contributed by atoms with van der Waals surface area (Å²) in [5, 5.41) is 17.9. The van der Waals surface area contributed by atoms with Crippen LogP contribution in [-0.2, 0) is 0 Å². The summed E-state index contributed by atoms with van der Waals surface area (Å²) in [5.74, 6) is -5.83. The first-order valence-corrected chi connectivity index (χ1v) is 7.64. The Kier molecular flexibility index (Phi) is 5.85. The molecule has 2 rings (SSSR count). The molecule has 0 aliphatic heterocycles. The van der Waals surface area contributed by atoms with Gasteiger partial charge in [0.15, 0.2) is 11.6 Å². The van der Waals surface area contributed by atoms with Gasteiger partial charge in [-0.05, 0) is 18.1 Å². The fourth-order valence-corrected chi connectivity index (χ4v) is 2.45. The maximum absolute atomic E-state index is 14.6. The van der Waals surface area contributed by atoms with Gasteiger partial charge in [0.05, 0.1) is 0 Å². The Morgan fingerprint density at radius 1 is 1.00 bits per heavy atom. The minimum absolute atomic E-state index is 0.0521. The van der Waals surface area contributed by atoms with E-state index in [0.717, 1.165) is 0 Å². The van der Waals surface area contributed by atoms with Gasteiger partial charge in [-0.3, -0.25) is 0 Å². The molecule has 0 bridgehead atoms. The highest BCUT2D eigenvalue weighted by Crippen LogP contribution is 2.38. The Bertz CT molecular complexity index is 1060. The van der Waals surface area contributed by atoms with Gasteiger partial charge in [0.2, 0.25) is 11.6 Å². The molecule has 134 valence electrons. The van der Waals surface area contributed by atoms with E-state index in [1.54, 1.807) is 31.2 Å². The smallest absolute Gasteiger partial charge is 0.205 e. The second-order valence-electron chi connectivity index (χ2n) is 5.36. The van der Waals surface area contributed by atoms with E-state index in [4.69, 9.17) is 15.3 Å². The van der Waals surface area contributed by atoms with Crippen LogP contribution in [-0.4, -0.2) is 0 Å². The Morgan fingerprint density at radius 3 is 2.19 bits per heavy atom. The molecule has 6 heteroatoms. The van der Waals surface area contributed by atoms with Crippen LogP contribution in [0.1, 0.15) is 22.3 Å². The molecular weight excluding hydrogens is 353 g/mol. The first-order valence-electron chi connectivity index (χ1n) is 7.64. The number of para-hydroxylation sites is 1. The van der Waals surface area contributed by atoms with Crippen molar-refractivity contribution in [3.8, 4) is 23.6 Å². The molecule has 3 nitrogen and oxygen atoms in total. The molecule has 27 heavy (non-hydrogen) atoms. The minimum atomic E-state index is -1.69. The molecule has 0 unspecified atom stereocenters. The first kappa shape index (κ1) is 19.6. The average molecular weight is 366 g/mol. The van der Waals surface area contributed by atoms with Gasteiger partial charge >= 0.3 is 0 Å². The summed E-state index contributed by atoms with van der Waals surface area (Å²) in [6.45, 7) is 8.90. The number of nitriles is 2. The zero-order chi connectivity index (χ0) is 20.1. The lowest BCUT2D eigenvalue weighted by Crippen LogP contribution is -2.05. The summed E-state index contributed by atoms with van der Waals surface area (Å²) >= 11 is 0. The predicted molar refractivity (Wildman–Crippen MR) is 95.4 cm³/mol. The Balaban J connectivity index is 2.77. The maximum Gasteiger partial charge on any atom is 0.205 e. The van der Waals surface area contributed by atoms with Crippen LogP contribution in [0.3, 0.4) is 0 Å². The second kappa shape index (κ2) is 8.07. The van der Waals surface area contributed by atoms with Crippen LogP contribution in [0.5, 0.6) is 11.5 Å². The van der Waals surface area contributed by atoms with Crippen molar-refractivity contribution in [2.24, 2.45) is 0 Å². The molecule has 2 aromatic rings. The van der Waals surface area contributed by atoms with Crippen LogP contribution in [0.2, 0.25) is 0 Å². The summed E-state index contributed by atoms with van der Waals surface area (Å²) in [4.78, 5) is 0. The van der Waals surface area contributed by atoms with Crippen LogP contribution in [0.4, 0.5) is 13.2 Å². The number of nitrogens with zero attached hydrogens (tertiary/aromatic N) is 2. The van der Waals surface area contributed by atoms with Gasteiger partial charge in [0.25, 0.3) is 0 Å². The van der Waals surface area contributed by atoms with Crippen molar-refractivity contribution in [3.05, 3.63) is 89.3 Å². The van der Waals surface area contributed by atoms with Gasteiger partial charge in [0.1, 0.15) is 29.0 Å². The van der Waals surface area contributed by atoms with Crippen LogP contribution in [0.25, 0.3) is 5.57 Å². The topological polar surface area (TPSA) is 56.8 Å². The molecule has 0 aliphatic rings. The fraction of sp³-hybridized carbons (Fsp3) is 0.0476. The van der Waals surface area contributed by atoms with Crippen molar-refractivity contribution >= 4 is 5.57 Å². The molecule has 0 atom stereocenters.